The number of hydrogen-bond acceptors (Lipinski definition) is 7. The molecule has 1 aromatic heterocycles. The van der Waals surface area contributed by atoms with Gasteiger partial charge in [-0.05, 0) is 22.4 Å². The van der Waals surface area contributed by atoms with Gasteiger partial charge >= 0.3 is 0 Å². The molecule has 0 unspecified atom stereocenters. The summed E-state index contributed by atoms with van der Waals surface area (Å²) in [5.74, 6) is 0.765. The first kappa shape index (κ1) is 12.6. The average molecular weight is 260 g/mol. The van der Waals surface area contributed by atoms with Crippen molar-refractivity contribution in [1.82, 2.24) is 10.3 Å². The molecule has 0 fully saturated rings. The molecule has 2 aromatic rings. The lowest BCUT2D eigenvalue weighted by Crippen LogP contribution is -2.15. The molecule has 1 heterocycles. The minimum Gasteiger partial charge on any atom is -0.496 e. The molecule has 4 N–H and O–H groups in total. The number of nitrogens with two attached hydrogens (primary N) is 2. The zero-order chi connectivity index (χ0) is 13.7. The van der Waals surface area contributed by atoms with Crippen LogP contribution in [0.2, 0.25) is 0 Å². The Kier molecular flexibility index (Phi) is 3.72. The van der Waals surface area contributed by atoms with E-state index >= 15 is 0 Å². The van der Waals surface area contributed by atoms with Gasteiger partial charge in [0, 0.05) is 5.56 Å². The summed E-state index contributed by atoms with van der Waals surface area (Å²) in [7, 11) is 1.58. The Morgan fingerprint density at radius 1 is 1.37 bits per heavy atom. The minimum atomic E-state index is 0.0184. The molecule has 0 amide bonds. The van der Waals surface area contributed by atoms with Crippen LogP contribution in [0.5, 0.6) is 5.75 Å². The van der Waals surface area contributed by atoms with E-state index in [1.165, 1.54) is 6.21 Å². The van der Waals surface area contributed by atoms with Crippen LogP contribution in [-0.2, 0) is 0 Å². The minimum absolute atomic E-state index is 0.0184. The van der Waals surface area contributed by atoms with Gasteiger partial charge in [-0.2, -0.15) is 5.10 Å². The van der Waals surface area contributed by atoms with Crippen molar-refractivity contribution in [2.75, 3.05) is 12.8 Å². The summed E-state index contributed by atoms with van der Waals surface area (Å²) < 4.78 is 9.58. The molecule has 0 aliphatic rings. The van der Waals surface area contributed by atoms with E-state index in [1.54, 1.807) is 7.11 Å². The Bertz CT molecular complexity index is 619. The van der Waals surface area contributed by atoms with Crippen molar-refractivity contribution in [1.29, 1.82) is 0 Å². The molecule has 0 atom stereocenters. The van der Waals surface area contributed by atoms with E-state index in [0.717, 1.165) is 5.56 Å². The Morgan fingerprint density at radius 2 is 2.16 bits per heavy atom. The second kappa shape index (κ2) is 5.63. The quantitative estimate of drug-likeness (QED) is 0.465. The van der Waals surface area contributed by atoms with Crippen molar-refractivity contribution < 1.29 is 9.37 Å². The number of hydrogen-bond donors (Lipinski definition) is 2. The summed E-state index contributed by atoms with van der Waals surface area (Å²) in [5.41, 5.74) is 12.0. The molecular formula is C11H12N6O2. The molecule has 0 aliphatic heterocycles. The van der Waals surface area contributed by atoms with E-state index in [0.29, 0.717) is 5.75 Å². The highest BCUT2D eigenvalue weighted by Gasteiger charge is 2.09. The number of ether oxygens (including phenoxy) is 1. The van der Waals surface area contributed by atoms with Crippen LogP contribution >= 0.6 is 0 Å². The zero-order valence-electron chi connectivity index (χ0n) is 10.1. The van der Waals surface area contributed by atoms with E-state index in [4.69, 9.17) is 16.2 Å². The van der Waals surface area contributed by atoms with Crippen LogP contribution in [-0.4, -0.2) is 29.5 Å². The fourth-order valence-electron chi connectivity index (χ4n) is 1.35. The largest absolute Gasteiger partial charge is 0.496 e. The van der Waals surface area contributed by atoms with Gasteiger partial charge in [0.25, 0.3) is 0 Å². The van der Waals surface area contributed by atoms with Crippen molar-refractivity contribution in [3.8, 4) is 5.75 Å². The topological polar surface area (TPSA) is 125 Å². The number of aromatic nitrogens is 2. The fourth-order valence-corrected chi connectivity index (χ4v) is 1.35. The lowest BCUT2D eigenvalue weighted by Gasteiger charge is -2.01. The Hall–Kier alpha value is -2.90. The number of nitrogens with zero attached hydrogens (tertiary/aromatic N) is 4. The predicted molar refractivity (Wildman–Crippen MR) is 70.0 cm³/mol. The number of methoxy groups -OCH3 is 1. The van der Waals surface area contributed by atoms with Gasteiger partial charge in [-0.1, -0.05) is 12.1 Å². The van der Waals surface area contributed by atoms with Crippen LogP contribution in [0.3, 0.4) is 0 Å². The Balaban J connectivity index is 2.17. The van der Waals surface area contributed by atoms with Gasteiger partial charge < -0.3 is 16.2 Å². The summed E-state index contributed by atoms with van der Waals surface area (Å²) >= 11 is 0. The van der Waals surface area contributed by atoms with Crippen LogP contribution < -0.4 is 16.2 Å². The molecule has 98 valence electrons. The first-order valence-electron chi connectivity index (χ1n) is 5.30. The lowest BCUT2D eigenvalue weighted by molar-refractivity contribution is 0.308. The molecule has 0 saturated carbocycles. The van der Waals surface area contributed by atoms with Crippen LogP contribution in [0, 0.1) is 0 Å². The fraction of sp³-hybridized carbons (Fsp3) is 0.0909. The lowest BCUT2D eigenvalue weighted by atomic mass is 10.2. The summed E-state index contributed by atoms with van der Waals surface area (Å²) in [6, 6.07) is 7.36. The molecule has 8 heteroatoms. The first-order valence-corrected chi connectivity index (χ1v) is 5.30. The number of para-hydroxylation sites is 1. The van der Waals surface area contributed by atoms with E-state index in [2.05, 4.69) is 25.1 Å². The third kappa shape index (κ3) is 2.86. The molecule has 19 heavy (non-hydrogen) atoms. The maximum Gasteiger partial charge on any atom is 0.199 e. The van der Waals surface area contributed by atoms with Gasteiger partial charge in [-0.15, -0.1) is 5.10 Å². The normalized spacial score (nSPS) is 11.9. The molecule has 0 aliphatic carbocycles. The third-order valence-electron chi connectivity index (χ3n) is 2.26. The van der Waals surface area contributed by atoms with E-state index < -0.39 is 0 Å². The van der Waals surface area contributed by atoms with E-state index in [1.807, 2.05) is 24.3 Å². The summed E-state index contributed by atoms with van der Waals surface area (Å²) in [4.78, 5) is 0. The highest BCUT2D eigenvalue weighted by molar-refractivity contribution is 5.99. The van der Waals surface area contributed by atoms with Gasteiger partial charge in [-0.25, -0.2) is 4.63 Å². The number of amidine groups is 1. The zero-order valence-corrected chi connectivity index (χ0v) is 10.1. The number of benzene rings is 1. The molecule has 0 bridgehead atoms. The van der Waals surface area contributed by atoms with Crippen molar-refractivity contribution in [3.63, 3.8) is 0 Å². The van der Waals surface area contributed by atoms with Crippen molar-refractivity contribution in [3.05, 3.63) is 35.5 Å². The monoisotopic (exact) mass is 260 g/mol. The molecule has 8 nitrogen and oxygen atoms in total. The van der Waals surface area contributed by atoms with E-state index in [9.17, 15) is 0 Å². The summed E-state index contributed by atoms with van der Waals surface area (Å²) in [5, 5.41) is 14.5. The maximum atomic E-state index is 5.64. The van der Waals surface area contributed by atoms with Gasteiger partial charge in [0.2, 0.25) is 0 Å². The second-order valence-electron chi connectivity index (χ2n) is 3.47. The van der Waals surface area contributed by atoms with Crippen molar-refractivity contribution in [2.45, 2.75) is 0 Å². The van der Waals surface area contributed by atoms with Crippen molar-refractivity contribution >= 4 is 17.9 Å². The van der Waals surface area contributed by atoms with Gasteiger partial charge in [0.15, 0.2) is 17.3 Å². The Labute approximate surface area is 108 Å². The predicted octanol–water partition coefficient (Wildman–Crippen LogP) is 0.400. The molecule has 0 saturated heterocycles. The van der Waals surface area contributed by atoms with E-state index in [-0.39, 0.29) is 17.3 Å². The van der Waals surface area contributed by atoms with Gasteiger partial charge in [-0.3, -0.25) is 0 Å². The van der Waals surface area contributed by atoms with Gasteiger partial charge in [0.05, 0.1) is 13.3 Å². The molecule has 0 radical (unpaired) electrons. The summed E-state index contributed by atoms with van der Waals surface area (Å²) in [6.45, 7) is 0. The van der Waals surface area contributed by atoms with Crippen molar-refractivity contribution in [2.24, 2.45) is 15.9 Å². The maximum absolute atomic E-state index is 5.64. The SMILES string of the molecule is COc1ccccc1/C=N\N=C(\N)c1nonc1N. The third-order valence-corrected chi connectivity index (χ3v) is 2.26. The first-order chi connectivity index (χ1) is 9.22. The Morgan fingerprint density at radius 3 is 2.84 bits per heavy atom. The van der Waals surface area contributed by atoms with Crippen LogP contribution in [0.1, 0.15) is 11.3 Å². The van der Waals surface area contributed by atoms with Crippen LogP contribution in [0.4, 0.5) is 5.82 Å². The van der Waals surface area contributed by atoms with Crippen LogP contribution in [0.15, 0.2) is 39.1 Å². The molecule has 1 aromatic carbocycles. The smallest absolute Gasteiger partial charge is 0.199 e. The second-order valence-corrected chi connectivity index (χ2v) is 3.47. The highest BCUT2D eigenvalue weighted by Crippen LogP contribution is 2.14. The average Bonchev–Trinajstić information content (AvgIpc) is 2.85. The highest BCUT2D eigenvalue weighted by atomic mass is 16.6. The molecule has 0 spiro atoms. The number of anilines is 1. The number of rotatable bonds is 4. The van der Waals surface area contributed by atoms with Crippen LogP contribution in [0.25, 0.3) is 0 Å². The standard InChI is InChI=1S/C11H12N6O2/c1-18-8-5-3-2-4-7(8)6-14-15-10(12)9-11(13)17-19-16-9/h2-6H,1H3,(H2,12,15)(H2,13,17)/b14-6-. The molecule has 2 rings (SSSR count). The molecular weight excluding hydrogens is 248 g/mol. The van der Waals surface area contributed by atoms with Gasteiger partial charge in [0.1, 0.15) is 5.75 Å². The summed E-state index contributed by atoms with van der Waals surface area (Å²) in [6.07, 6.45) is 1.51. The number of nitrogen functional groups attached to an aromatic ring is 1.